The molecule has 0 saturated carbocycles. The van der Waals surface area contributed by atoms with Crippen molar-refractivity contribution >= 4 is 5.69 Å². The van der Waals surface area contributed by atoms with Crippen molar-refractivity contribution in [3.05, 3.63) is 29.6 Å². The first-order valence-electron chi connectivity index (χ1n) is 3.64. The number of hydrogen-bond acceptors (Lipinski definition) is 2. The minimum absolute atomic E-state index is 0.277. The Morgan fingerprint density at radius 1 is 1.46 bits per heavy atom. The molecule has 64 valence electrons. The van der Waals surface area contributed by atoms with E-state index in [1.54, 1.807) is 6.07 Å². The molecule has 0 heterocycles. The summed E-state index contributed by atoms with van der Waals surface area (Å²) in [5.41, 5.74) is 0.800. The van der Waals surface area contributed by atoms with Gasteiger partial charge >= 0.3 is 0 Å². The second-order valence-corrected chi connectivity index (χ2v) is 2.40. The monoisotopic (exact) mass is 174 g/mol. The third-order valence-electron chi connectivity index (χ3n) is 1.42. The van der Waals surface area contributed by atoms with E-state index in [9.17, 15) is 4.39 Å². The van der Waals surface area contributed by atoms with Gasteiger partial charge in [0, 0.05) is 5.69 Å². The number of halogens is 1. The Hall–Kier alpha value is -2.00. The topological polar surface area (TPSA) is 35.8 Å². The van der Waals surface area contributed by atoms with Gasteiger partial charge in [-0.15, -0.1) is 6.42 Å². The standard InChI is InChI=1S/C10H7FN2/c1-2-3-13-10-5-8(7-12)4-9(11)6-10/h1,4-6,13H,3H2. The Kier molecular flexibility index (Phi) is 2.89. The zero-order valence-corrected chi connectivity index (χ0v) is 6.84. The normalized spacial score (nSPS) is 8.54. The molecule has 0 unspecified atom stereocenters. The molecule has 2 nitrogen and oxygen atoms in total. The average Bonchev–Trinajstić information content (AvgIpc) is 2.14. The molecular formula is C10H7FN2. The zero-order valence-electron chi connectivity index (χ0n) is 6.84. The van der Waals surface area contributed by atoms with Crippen LogP contribution in [0.25, 0.3) is 0 Å². The largest absolute Gasteiger partial charge is 0.374 e. The first-order valence-corrected chi connectivity index (χ1v) is 3.64. The highest BCUT2D eigenvalue weighted by molar-refractivity contribution is 5.50. The van der Waals surface area contributed by atoms with Crippen molar-refractivity contribution < 1.29 is 4.39 Å². The van der Waals surface area contributed by atoms with Gasteiger partial charge in [0.25, 0.3) is 0 Å². The summed E-state index contributed by atoms with van der Waals surface area (Å²) in [7, 11) is 0. The Morgan fingerprint density at radius 2 is 2.23 bits per heavy atom. The molecule has 0 bridgehead atoms. The Balaban J connectivity index is 2.91. The van der Waals surface area contributed by atoms with Crippen LogP contribution in [-0.2, 0) is 0 Å². The Bertz CT molecular complexity index is 385. The maximum absolute atomic E-state index is 12.8. The highest BCUT2D eigenvalue weighted by Gasteiger charge is 1.98. The second-order valence-electron chi connectivity index (χ2n) is 2.40. The van der Waals surface area contributed by atoms with E-state index in [1.807, 2.05) is 6.07 Å². The molecule has 0 aliphatic rings. The summed E-state index contributed by atoms with van der Waals surface area (Å²) in [4.78, 5) is 0. The second kappa shape index (κ2) is 4.13. The van der Waals surface area contributed by atoms with Crippen LogP contribution in [0.15, 0.2) is 18.2 Å². The van der Waals surface area contributed by atoms with Crippen molar-refractivity contribution in [2.45, 2.75) is 0 Å². The van der Waals surface area contributed by atoms with E-state index in [0.717, 1.165) is 0 Å². The first-order chi connectivity index (χ1) is 6.26. The number of nitrogens with zero attached hydrogens (tertiary/aromatic N) is 1. The highest BCUT2D eigenvalue weighted by atomic mass is 19.1. The lowest BCUT2D eigenvalue weighted by molar-refractivity contribution is 0.628. The van der Waals surface area contributed by atoms with E-state index in [-0.39, 0.29) is 5.56 Å². The van der Waals surface area contributed by atoms with Crippen LogP contribution in [-0.4, -0.2) is 6.54 Å². The van der Waals surface area contributed by atoms with E-state index >= 15 is 0 Å². The summed E-state index contributed by atoms with van der Waals surface area (Å²) in [6.45, 7) is 0.314. The summed E-state index contributed by atoms with van der Waals surface area (Å²) >= 11 is 0. The predicted octanol–water partition coefficient (Wildman–Crippen LogP) is 1.74. The van der Waals surface area contributed by atoms with E-state index in [2.05, 4.69) is 11.2 Å². The lowest BCUT2D eigenvalue weighted by Gasteiger charge is -2.02. The molecule has 0 aromatic heterocycles. The molecule has 3 heteroatoms. The van der Waals surface area contributed by atoms with Gasteiger partial charge in [0.2, 0.25) is 0 Å². The quantitative estimate of drug-likeness (QED) is 0.693. The number of nitrogens with one attached hydrogen (secondary N) is 1. The van der Waals surface area contributed by atoms with Crippen LogP contribution in [0.2, 0.25) is 0 Å². The van der Waals surface area contributed by atoms with Gasteiger partial charge in [-0.1, -0.05) is 5.92 Å². The van der Waals surface area contributed by atoms with Crippen molar-refractivity contribution in [1.29, 1.82) is 5.26 Å². The van der Waals surface area contributed by atoms with Crippen molar-refractivity contribution in [2.75, 3.05) is 11.9 Å². The molecule has 0 aliphatic carbocycles. The molecule has 1 rings (SSSR count). The van der Waals surface area contributed by atoms with Gasteiger partial charge in [0.15, 0.2) is 0 Å². The van der Waals surface area contributed by atoms with Crippen molar-refractivity contribution in [3.8, 4) is 18.4 Å². The van der Waals surface area contributed by atoms with Crippen LogP contribution in [0.3, 0.4) is 0 Å². The fraction of sp³-hybridized carbons (Fsp3) is 0.100. The maximum atomic E-state index is 12.8. The van der Waals surface area contributed by atoms with Gasteiger partial charge < -0.3 is 5.32 Å². The van der Waals surface area contributed by atoms with Crippen LogP contribution >= 0.6 is 0 Å². The van der Waals surface area contributed by atoms with Crippen LogP contribution in [0, 0.1) is 29.5 Å². The van der Waals surface area contributed by atoms with E-state index in [0.29, 0.717) is 12.2 Å². The van der Waals surface area contributed by atoms with E-state index in [1.165, 1.54) is 12.1 Å². The summed E-state index contributed by atoms with van der Waals surface area (Å²) in [6, 6.07) is 5.85. The lowest BCUT2D eigenvalue weighted by Crippen LogP contribution is -1.99. The van der Waals surface area contributed by atoms with Crippen LogP contribution in [0.4, 0.5) is 10.1 Å². The molecule has 0 amide bonds. The fourth-order valence-corrected chi connectivity index (χ4v) is 0.909. The zero-order chi connectivity index (χ0) is 9.68. The molecule has 0 atom stereocenters. The van der Waals surface area contributed by atoms with E-state index in [4.69, 9.17) is 11.7 Å². The molecule has 1 aromatic rings. The summed E-state index contributed by atoms with van der Waals surface area (Å²) in [5.74, 6) is 1.91. The molecule has 0 saturated heterocycles. The predicted molar refractivity (Wildman–Crippen MR) is 48.4 cm³/mol. The number of rotatable bonds is 2. The van der Waals surface area contributed by atoms with Gasteiger partial charge in [-0.05, 0) is 18.2 Å². The van der Waals surface area contributed by atoms with Crippen LogP contribution < -0.4 is 5.32 Å². The summed E-state index contributed by atoms with van der Waals surface area (Å²) in [5, 5.41) is 11.3. The molecule has 0 fully saturated rings. The molecular weight excluding hydrogens is 167 g/mol. The molecule has 0 spiro atoms. The third-order valence-corrected chi connectivity index (χ3v) is 1.42. The van der Waals surface area contributed by atoms with Gasteiger partial charge in [-0.2, -0.15) is 5.26 Å². The molecule has 0 aliphatic heterocycles. The number of terminal acetylenes is 1. The van der Waals surface area contributed by atoms with Gasteiger partial charge in [0.05, 0.1) is 18.2 Å². The average molecular weight is 174 g/mol. The molecule has 0 radical (unpaired) electrons. The minimum Gasteiger partial charge on any atom is -0.374 e. The Labute approximate surface area is 76.0 Å². The van der Waals surface area contributed by atoms with Gasteiger partial charge in [-0.3, -0.25) is 0 Å². The molecule has 1 N–H and O–H groups in total. The number of benzene rings is 1. The fourth-order valence-electron chi connectivity index (χ4n) is 0.909. The number of anilines is 1. The Morgan fingerprint density at radius 3 is 2.85 bits per heavy atom. The van der Waals surface area contributed by atoms with Crippen molar-refractivity contribution in [2.24, 2.45) is 0 Å². The maximum Gasteiger partial charge on any atom is 0.126 e. The van der Waals surface area contributed by atoms with Gasteiger partial charge in [0.1, 0.15) is 5.82 Å². The van der Waals surface area contributed by atoms with Crippen LogP contribution in [0.1, 0.15) is 5.56 Å². The minimum atomic E-state index is -0.446. The van der Waals surface area contributed by atoms with Crippen LogP contribution in [0.5, 0.6) is 0 Å². The highest BCUT2D eigenvalue weighted by Crippen LogP contribution is 2.12. The summed E-state index contributed by atoms with van der Waals surface area (Å²) in [6.07, 6.45) is 5.01. The molecule has 1 aromatic carbocycles. The molecule has 13 heavy (non-hydrogen) atoms. The third kappa shape index (κ3) is 2.50. The smallest absolute Gasteiger partial charge is 0.126 e. The summed E-state index contributed by atoms with van der Waals surface area (Å²) < 4.78 is 12.8. The van der Waals surface area contributed by atoms with Crippen molar-refractivity contribution in [1.82, 2.24) is 0 Å². The van der Waals surface area contributed by atoms with E-state index < -0.39 is 5.82 Å². The SMILES string of the molecule is C#CCNc1cc(F)cc(C#N)c1. The number of hydrogen-bond donors (Lipinski definition) is 1. The number of nitriles is 1. The van der Waals surface area contributed by atoms with Gasteiger partial charge in [-0.25, -0.2) is 4.39 Å². The van der Waals surface area contributed by atoms with Crippen molar-refractivity contribution in [3.63, 3.8) is 0 Å². The first kappa shape index (κ1) is 9.09. The lowest BCUT2D eigenvalue weighted by atomic mass is 10.2.